The van der Waals surface area contributed by atoms with Crippen LogP contribution in [0.5, 0.6) is 0 Å². The van der Waals surface area contributed by atoms with E-state index in [1.54, 1.807) is 0 Å². The Labute approximate surface area is 93.7 Å². The average Bonchev–Trinajstić information content (AvgIpc) is 2.19. The van der Waals surface area contributed by atoms with E-state index >= 15 is 0 Å². The predicted molar refractivity (Wildman–Crippen MR) is 57.1 cm³/mol. The van der Waals surface area contributed by atoms with Gasteiger partial charge >= 0.3 is 6.18 Å². The maximum atomic E-state index is 12.1. The van der Waals surface area contributed by atoms with Crippen LogP contribution in [0.1, 0.15) is 0 Å². The van der Waals surface area contributed by atoms with Crippen molar-refractivity contribution in [1.29, 1.82) is 0 Å². The molecule has 0 unspecified atom stereocenters. The molecule has 0 aromatic heterocycles. The lowest BCUT2D eigenvalue weighted by atomic mass is 10.3. The molecule has 0 aromatic carbocycles. The molecule has 6 heteroatoms. The number of nitrogens with two attached hydrogens (primary N) is 1. The van der Waals surface area contributed by atoms with Gasteiger partial charge in [0.25, 0.3) is 0 Å². The first-order valence-electron chi connectivity index (χ1n) is 5.38. The van der Waals surface area contributed by atoms with Gasteiger partial charge in [0.05, 0.1) is 6.54 Å². The number of halogens is 3. The SMILES string of the molecule is NCC=CCN1CCN(CC(F)(F)F)CC1. The van der Waals surface area contributed by atoms with Crippen LogP contribution in [0.2, 0.25) is 0 Å². The van der Waals surface area contributed by atoms with E-state index < -0.39 is 12.7 Å². The molecule has 1 aliphatic rings. The molecule has 0 aliphatic carbocycles. The second-order valence-electron chi connectivity index (χ2n) is 3.90. The third kappa shape index (κ3) is 5.48. The highest BCUT2D eigenvalue weighted by Gasteiger charge is 2.31. The lowest BCUT2D eigenvalue weighted by Crippen LogP contribution is -2.49. The van der Waals surface area contributed by atoms with E-state index in [9.17, 15) is 13.2 Å². The molecule has 3 nitrogen and oxygen atoms in total. The van der Waals surface area contributed by atoms with Gasteiger partial charge in [0.15, 0.2) is 0 Å². The smallest absolute Gasteiger partial charge is 0.327 e. The van der Waals surface area contributed by atoms with Gasteiger partial charge < -0.3 is 5.73 Å². The molecular weight excluding hydrogens is 219 g/mol. The first-order chi connectivity index (χ1) is 7.51. The lowest BCUT2D eigenvalue weighted by molar-refractivity contribution is -0.149. The second kappa shape index (κ2) is 6.22. The van der Waals surface area contributed by atoms with Crippen molar-refractivity contribution in [3.8, 4) is 0 Å². The Morgan fingerprint density at radius 1 is 1.00 bits per heavy atom. The van der Waals surface area contributed by atoms with Crippen LogP contribution >= 0.6 is 0 Å². The molecule has 0 spiro atoms. The minimum atomic E-state index is -4.08. The third-order valence-corrected chi connectivity index (χ3v) is 2.53. The zero-order valence-corrected chi connectivity index (χ0v) is 9.21. The number of piperazine rings is 1. The number of hydrogen-bond donors (Lipinski definition) is 1. The largest absolute Gasteiger partial charge is 0.401 e. The molecule has 0 radical (unpaired) electrons. The van der Waals surface area contributed by atoms with Gasteiger partial charge in [-0.2, -0.15) is 13.2 Å². The summed E-state index contributed by atoms with van der Waals surface area (Å²) in [6.07, 6.45) is -0.261. The Morgan fingerprint density at radius 2 is 1.56 bits per heavy atom. The Hall–Kier alpha value is -0.590. The van der Waals surface area contributed by atoms with Crippen LogP contribution in [0.3, 0.4) is 0 Å². The highest BCUT2D eigenvalue weighted by Crippen LogP contribution is 2.17. The van der Waals surface area contributed by atoms with E-state index in [1.807, 2.05) is 12.2 Å². The van der Waals surface area contributed by atoms with Crippen LogP contribution in [-0.4, -0.2) is 61.8 Å². The monoisotopic (exact) mass is 237 g/mol. The van der Waals surface area contributed by atoms with Gasteiger partial charge in [-0.1, -0.05) is 12.2 Å². The van der Waals surface area contributed by atoms with Crippen LogP contribution in [-0.2, 0) is 0 Å². The Morgan fingerprint density at radius 3 is 2.06 bits per heavy atom. The summed E-state index contributed by atoms with van der Waals surface area (Å²) < 4.78 is 36.3. The summed E-state index contributed by atoms with van der Waals surface area (Å²) in [6.45, 7) is 2.83. The van der Waals surface area contributed by atoms with Crippen molar-refractivity contribution in [2.45, 2.75) is 6.18 Å². The van der Waals surface area contributed by atoms with E-state index in [0.717, 1.165) is 6.54 Å². The normalized spacial score (nSPS) is 20.8. The third-order valence-electron chi connectivity index (χ3n) is 2.53. The maximum Gasteiger partial charge on any atom is 0.401 e. The second-order valence-corrected chi connectivity index (χ2v) is 3.90. The lowest BCUT2D eigenvalue weighted by Gasteiger charge is -2.34. The molecule has 16 heavy (non-hydrogen) atoms. The summed E-state index contributed by atoms with van der Waals surface area (Å²) in [6, 6.07) is 0. The van der Waals surface area contributed by atoms with Gasteiger partial charge in [-0.05, 0) is 0 Å². The van der Waals surface area contributed by atoms with Crippen molar-refractivity contribution in [2.24, 2.45) is 5.73 Å². The van der Waals surface area contributed by atoms with Crippen LogP contribution in [0.25, 0.3) is 0 Å². The van der Waals surface area contributed by atoms with Crippen molar-refractivity contribution in [3.63, 3.8) is 0 Å². The zero-order chi connectivity index (χ0) is 12.0. The fraction of sp³-hybridized carbons (Fsp3) is 0.800. The number of hydrogen-bond acceptors (Lipinski definition) is 3. The highest BCUT2D eigenvalue weighted by molar-refractivity contribution is 4.87. The molecular formula is C10H18F3N3. The van der Waals surface area contributed by atoms with Crippen LogP contribution in [0, 0.1) is 0 Å². The molecule has 0 aromatic rings. The van der Waals surface area contributed by atoms with E-state index in [4.69, 9.17) is 5.73 Å². The van der Waals surface area contributed by atoms with Gasteiger partial charge in [0, 0.05) is 39.3 Å². The molecule has 0 atom stereocenters. The minimum absolute atomic E-state index is 0.482. The number of alkyl halides is 3. The van der Waals surface area contributed by atoms with E-state index in [-0.39, 0.29) is 0 Å². The maximum absolute atomic E-state index is 12.1. The molecule has 0 bridgehead atoms. The van der Waals surface area contributed by atoms with E-state index in [2.05, 4.69) is 4.90 Å². The van der Waals surface area contributed by atoms with Crippen molar-refractivity contribution >= 4 is 0 Å². The quantitative estimate of drug-likeness (QED) is 0.730. The molecule has 0 amide bonds. The fourth-order valence-electron chi connectivity index (χ4n) is 1.70. The van der Waals surface area contributed by atoms with Gasteiger partial charge in [0.2, 0.25) is 0 Å². The van der Waals surface area contributed by atoms with Gasteiger partial charge in [-0.25, -0.2) is 0 Å². The first-order valence-corrected chi connectivity index (χ1v) is 5.38. The van der Waals surface area contributed by atoms with Crippen molar-refractivity contribution in [3.05, 3.63) is 12.2 Å². The Balaban J connectivity index is 2.21. The Bertz CT molecular complexity index is 220. The van der Waals surface area contributed by atoms with Gasteiger partial charge in [-0.15, -0.1) is 0 Å². The van der Waals surface area contributed by atoms with Crippen molar-refractivity contribution < 1.29 is 13.2 Å². The zero-order valence-electron chi connectivity index (χ0n) is 9.21. The molecule has 1 aliphatic heterocycles. The number of nitrogens with zero attached hydrogens (tertiary/aromatic N) is 2. The van der Waals surface area contributed by atoms with E-state index in [0.29, 0.717) is 32.7 Å². The topological polar surface area (TPSA) is 32.5 Å². The van der Waals surface area contributed by atoms with Gasteiger partial charge in [0.1, 0.15) is 0 Å². The first kappa shape index (κ1) is 13.5. The molecule has 94 valence electrons. The standard InChI is InChI=1S/C10H18F3N3/c11-10(12,13)9-16-7-5-15(6-8-16)4-2-1-3-14/h1-2H,3-9,14H2. The summed E-state index contributed by atoms with van der Waals surface area (Å²) in [5.41, 5.74) is 5.30. The average molecular weight is 237 g/mol. The van der Waals surface area contributed by atoms with Crippen LogP contribution in [0.15, 0.2) is 12.2 Å². The molecule has 1 rings (SSSR count). The summed E-state index contributed by atoms with van der Waals surface area (Å²) in [5.74, 6) is 0. The molecule has 1 saturated heterocycles. The summed E-state index contributed by atoms with van der Waals surface area (Å²) in [7, 11) is 0. The highest BCUT2D eigenvalue weighted by atomic mass is 19.4. The van der Waals surface area contributed by atoms with Crippen molar-refractivity contribution in [1.82, 2.24) is 9.80 Å². The van der Waals surface area contributed by atoms with Crippen molar-refractivity contribution in [2.75, 3.05) is 45.8 Å². The fourth-order valence-corrected chi connectivity index (χ4v) is 1.70. The molecule has 1 fully saturated rings. The summed E-state index contributed by atoms with van der Waals surface area (Å²) in [5, 5.41) is 0. The van der Waals surface area contributed by atoms with Crippen LogP contribution < -0.4 is 5.73 Å². The van der Waals surface area contributed by atoms with Gasteiger partial charge in [-0.3, -0.25) is 9.80 Å². The van der Waals surface area contributed by atoms with Crippen LogP contribution in [0.4, 0.5) is 13.2 Å². The summed E-state index contributed by atoms with van der Waals surface area (Å²) in [4.78, 5) is 3.57. The predicted octanol–water partition coefficient (Wildman–Crippen LogP) is 0.681. The molecule has 1 heterocycles. The Kier molecular flexibility index (Phi) is 5.24. The molecule has 2 N–H and O–H groups in total. The number of rotatable bonds is 4. The molecule has 0 saturated carbocycles. The minimum Gasteiger partial charge on any atom is -0.327 e. The van der Waals surface area contributed by atoms with E-state index in [1.165, 1.54) is 4.90 Å². The summed E-state index contributed by atoms with van der Waals surface area (Å²) >= 11 is 0.